The van der Waals surface area contributed by atoms with E-state index in [-0.39, 0.29) is 6.17 Å². The molecule has 0 radical (unpaired) electrons. The molecule has 2 unspecified atom stereocenters. The molecule has 52 heavy (non-hydrogen) atoms. The summed E-state index contributed by atoms with van der Waals surface area (Å²) in [6.45, 7) is 4.33. The first-order chi connectivity index (χ1) is 25.6. The van der Waals surface area contributed by atoms with Gasteiger partial charge in [0.1, 0.15) is 6.17 Å². The Balaban J connectivity index is 1.21. The Kier molecular flexibility index (Phi) is 8.09. The van der Waals surface area contributed by atoms with E-state index in [1.54, 1.807) is 0 Å². The highest BCUT2D eigenvalue weighted by molar-refractivity contribution is 6.14. The molecule has 2 N–H and O–H groups in total. The molecule has 0 aromatic heterocycles. The second kappa shape index (κ2) is 13.4. The molecule has 0 fully saturated rings. The average Bonchev–Trinajstić information content (AvgIpc) is 3.21. The van der Waals surface area contributed by atoms with Crippen molar-refractivity contribution in [3.8, 4) is 22.3 Å². The summed E-state index contributed by atoms with van der Waals surface area (Å²) < 4.78 is 0. The van der Waals surface area contributed by atoms with Crippen molar-refractivity contribution in [1.82, 2.24) is 10.6 Å². The van der Waals surface area contributed by atoms with Gasteiger partial charge in [0.25, 0.3) is 0 Å². The minimum absolute atomic E-state index is 0.216. The summed E-state index contributed by atoms with van der Waals surface area (Å²) in [6, 6.07) is 57.3. The Hall–Kier alpha value is -6.45. The fraction of sp³-hybridized carbons (Fsp3) is 0.0816. The first kappa shape index (κ1) is 31.5. The van der Waals surface area contributed by atoms with Crippen molar-refractivity contribution >= 4 is 38.5 Å². The SMILES string of the molecule is CC1=C(c2ccc(-c3cc(C4=NC(c5ccccc5)NC(c5ccccc5)=C4)cc(-c4ccc5ccc6ccccc6c5c4)c3)cc2)C=CC(C)N1. The van der Waals surface area contributed by atoms with Gasteiger partial charge >= 0.3 is 0 Å². The molecule has 3 heteroatoms. The van der Waals surface area contributed by atoms with Crippen molar-refractivity contribution in [3.63, 3.8) is 0 Å². The number of nitrogens with zero attached hydrogens (tertiary/aromatic N) is 1. The maximum absolute atomic E-state index is 5.36. The van der Waals surface area contributed by atoms with Crippen molar-refractivity contribution in [2.75, 3.05) is 0 Å². The van der Waals surface area contributed by atoms with Gasteiger partial charge < -0.3 is 10.6 Å². The molecule has 2 aliphatic rings. The number of rotatable bonds is 6. The van der Waals surface area contributed by atoms with Crippen molar-refractivity contribution in [3.05, 3.63) is 204 Å². The van der Waals surface area contributed by atoms with Gasteiger partial charge in [-0.25, -0.2) is 0 Å². The molecule has 2 heterocycles. The molecule has 0 saturated carbocycles. The van der Waals surface area contributed by atoms with Gasteiger partial charge in [-0.3, -0.25) is 4.99 Å². The highest BCUT2D eigenvalue weighted by Crippen LogP contribution is 2.35. The lowest BCUT2D eigenvalue weighted by atomic mass is 9.91. The minimum Gasteiger partial charge on any atom is -0.382 e. The lowest BCUT2D eigenvalue weighted by Gasteiger charge is -2.25. The van der Waals surface area contributed by atoms with Crippen molar-refractivity contribution in [1.29, 1.82) is 0 Å². The molecular formula is C49H39N3. The molecule has 0 amide bonds. The summed E-state index contributed by atoms with van der Waals surface area (Å²) >= 11 is 0. The van der Waals surface area contributed by atoms with Crippen LogP contribution in [0, 0.1) is 0 Å². The molecule has 0 spiro atoms. The van der Waals surface area contributed by atoms with Crippen LogP contribution in [0.1, 0.15) is 42.3 Å². The number of fused-ring (bicyclic) bond motifs is 3. The number of allylic oxidation sites excluding steroid dienone is 4. The zero-order valence-corrected chi connectivity index (χ0v) is 29.3. The van der Waals surface area contributed by atoms with E-state index in [1.807, 2.05) is 0 Å². The van der Waals surface area contributed by atoms with Crippen LogP contribution in [-0.4, -0.2) is 11.8 Å². The van der Waals surface area contributed by atoms with Gasteiger partial charge in [0.2, 0.25) is 0 Å². The summed E-state index contributed by atoms with van der Waals surface area (Å²) in [4.78, 5) is 5.36. The molecule has 7 aromatic rings. The first-order valence-corrected chi connectivity index (χ1v) is 18.1. The van der Waals surface area contributed by atoms with Crippen LogP contribution in [0.5, 0.6) is 0 Å². The molecule has 9 rings (SSSR count). The fourth-order valence-corrected chi connectivity index (χ4v) is 7.55. The summed E-state index contributed by atoms with van der Waals surface area (Å²) in [6.07, 6.45) is 6.44. The van der Waals surface area contributed by atoms with E-state index in [4.69, 9.17) is 4.99 Å². The van der Waals surface area contributed by atoms with Crippen LogP contribution in [-0.2, 0) is 0 Å². The molecular weight excluding hydrogens is 631 g/mol. The lowest BCUT2D eigenvalue weighted by molar-refractivity contribution is 0.664. The van der Waals surface area contributed by atoms with Crippen LogP contribution < -0.4 is 10.6 Å². The zero-order chi connectivity index (χ0) is 35.0. The molecule has 250 valence electrons. The second-order valence-electron chi connectivity index (χ2n) is 13.8. The molecule has 0 saturated heterocycles. The topological polar surface area (TPSA) is 36.4 Å². The van der Waals surface area contributed by atoms with Crippen molar-refractivity contribution in [2.24, 2.45) is 4.99 Å². The van der Waals surface area contributed by atoms with Crippen LogP contribution in [0.4, 0.5) is 0 Å². The van der Waals surface area contributed by atoms with Gasteiger partial charge in [0.05, 0.1) is 5.71 Å². The Morgan fingerprint density at radius 1 is 0.500 bits per heavy atom. The highest BCUT2D eigenvalue weighted by Gasteiger charge is 2.21. The van der Waals surface area contributed by atoms with E-state index in [0.29, 0.717) is 6.04 Å². The number of hydrogen-bond acceptors (Lipinski definition) is 3. The Morgan fingerprint density at radius 3 is 1.88 bits per heavy atom. The van der Waals surface area contributed by atoms with Gasteiger partial charge in [-0.1, -0.05) is 146 Å². The number of hydrogen-bond donors (Lipinski definition) is 2. The number of benzene rings is 7. The maximum Gasteiger partial charge on any atom is 0.145 e. The van der Waals surface area contributed by atoms with E-state index in [0.717, 1.165) is 39.2 Å². The third-order valence-corrected chi connectivity index (χ3v) is 10.3. The van der Waals surface area contributed by atoms with Crippen LogP contribution in [0.2, 0.25) is 0 Å². The zero-order valence-electron chi connectivity index (χ0n) is 29.3. The molecule has 0 bridgehead atoms. The largest absolute Gasteiger partial charge is 0.382 e. The van der Waals surface area contributed by atoms with Crippen LogP contribution in [0.15, 0.2) is 187 Å². The highest BCUT2D eigenvalue weighted by atomic mass is 15.1. The van der Waals surface area contributed by atoms with Gasteiger partial charge in [0.15, 0.2) is 0 Å². The summed E-state index contributed by atoms with van der Waals surface area (Å²) in [7, 11) is 0. The quantitative estimate of drug-likeness (QED) is 0.173. The van der Waals surface area contributed by atoms with Crippen molar-refractivity contribution in [2.45, 2.75) is 26.1 Å². The second-order valence-corrected chi connectivity index (χ2v) is 13.8. The first-order valence-electron chi connectivity index (χ1n) is 18.1. The predicted molar refractivity (Wildman–Crippen MR) is 220 cm³/mol. The molecule has 7 aromatic carbocycles. The number of nitrogens with one attached hydrogen (secondary N) is 2. The van der Waals surface area contributed by atoms with Gasteiger partial charge in [-0.15, -0.1) is 0 Å². The fourth-order valence-electron chi connectivity index (χ4n) is 7.55. The van der Waals surface area contributed by atoms with Crippen LogP contribution >= 0.6 is 0 Å². The van der Waals surface area contributed by atoms with E-state index in [9.17, 15) is 0 Å². The third kappa shape index (κ3) is 6.12. The average molecular weight is 670 g/mol. The van der Waals surface area contributed by atoms with Crippen LogP contribution in [0.3, 0.4) is 0 Å². The molecule has 3 nitrogen and oxygen atoms in total. The van der Waals surface area contributed by atoms with Crippen molar-refractivity contribution < 1.29 is 0 Å². The van der Waals surface area contributed by atoms with E-state index in [1.165, 1.54) is 49.5 Å². The van der Waals surface area contributed by atoms with Crippen LogP contribution in [0.25, 0.3) is 55.1 Å². The molecule has 2 atom stereocenters. The monoisotopic (exact) mass is 669 g/mol. The maximum atomic E-state index is 5.36. The van der Waals surface area contributed by atoms with Gasteiger partial charge in [0, 0.05) is 28.6 Å². The standard InChI is InChI=1S/C49H39N3/c1-32-17-26-44(33(2)50-32)36-20-18-34(19-21-36)41-27-42(40-25-24-37-23-22-35-11-9-10-16-45(35)46(37)30-40)29-43(28-41)48-31-47(38-12-5-3-6-13-38)51-49(52-48)39-14-7-4-8-15-39/h3-32,49-51H,1-2H3. The smallest absolute Gasteiger partial charge is 0.145 e. The molecule has 0 aliphatic carbocycles. The summed E-state index contributed by atoms with van der Waals surface area (Å²) in [5.41, 5.74) is 13.6. The van der Waals surface area contributed by atoms with E-state index >= 15 is 0 Å². The Bertz CT molecular complexity index is 2570. The van der Waals surface area contributed by atoms with E-state index in [2.05, 4.69) is 200 Å². The van der Waals surface area contributed by atoms with E-state index < -0.39 is 0 Å². The Labute approximate surface area is 305 Å². The predicted octanol–water partition coefficient (Wildman–Crippen LogP) is 11.7. The summed E-state index contributed by atoms with van der Waals surface area (Å²) in [5, 5.41) is 12.3. The Morgan fingerprint density at radius 2 is 1.12 bits per heavy atom. The molecule has 2 aliphatic heterocycles. The minimum atomic E-state index is -0.216. The third-order valence-electron chi connectivity index (χ3n) is 10.3. The number of aliphatic imine (C=N–C) groups is 1. The summed E-state index contributed by atoms with van der Waals surface area (Å²) in [5.74, 6) is 0. The van der Waals surface area contributed by atoms with Gasteiger partial charge in [-0.2, -0.15) is 0 Å². The normalized spacial score (nSPS) is 17.0. The number of dihydropyridines is 1. The van der Waals surface area contributed by atoms with Gasteiger partial charge in [-0.05, 0) is 105 Å². The lowest BCUT2D eigenvalue weighted by Crippen LogP contribution is -2.25.